The van der Waals surface area contributed by atoms with Crippen molar-refractivity contribution >= 4 is 16.8 Å². The Morgan fingerprint density at radius 1 is 1.40 bits per heavy atom. The number of carbonyl (C=O) groups is 1. The minimum absolute atomic E-state index is 0.0454. The summed E-state index contributed by atoms with van der Waals surface area (Å²) in [7, 11) is 0. The predicted molar refractivity (Wildman–Crippen MR) is 97.9 cm³/mol. The molecule has 3 rings (SSSR count). The van der Waals surface area contributed by atoms with Crippen molar-refractivity contribution in [2.24, 2.45) is 5.92 Å². The molecule has 2 aromatic rings. The smallest absolute Gasteiger partial charge is 0.261 e. The Morgan fingerprint density at radius 2 is 2.20 bits per heavy atom. The van der Waals surface area contributed by atoms with E-state index >= 15 is 0 Å². The Bertz CT molecular complexity index is 800. The van der Waals surface area contributed by atoms with Crippen LogP contribution in [0, 0.1) is 5.92 Å². The summed E-state index contributed by atoms with van der Waals surface area (Å²) in [5.74, 6) is 0.237. The summed E-state index contributed by atoms with van der Waals surface area (Å²) in [4.78, 5) is 29.7. The second-order valence-corrected chi connectivity index (χ2v) is 6.96. The molecule has 1 saturated heterocycles. The van der Waals surface area contributed by atoms with Crippen LogP contribution in [0.5, 0.6) is 0 Å². The molecule has 1 unspecified atom stereocenters. The first kappa shape index (κ1) is 17.6. The average molecular weight is 343 g/mol. The topological polar surface area (TPSA) is 74.4 Å². The molecule has 0 aliphatic carbocycles. The Hall–Kier alpha value is -2.18. The summed E-state index contributed by atoms with van der Waals surface area (Å²) < 4.78 is 5.73. The maximum Gasteiger partial charge on any atom is 0.261 e. The number of hydrogen-bond acceptors (Lipinski definition) is 4. The molecule has 2 N–H and O–H groups in total. The highest BCUT2D eigenvalue weighted by Gasteiger charge is 2.22. The third-order valence-corrected chi connectivity index (χ3v) is 4.33. The van der Waals surface area contributed by atoms with E-state index in [0.29, 0.717) is 19.1 Å². The monoisotopic (exact) mass is 343 g/mol. The van der Waals surface area contributed by atoms with E-state index in [-0.39, 0.29) is 23.1 Å². The van der Waals surface area contributed by atoms with Gasteiger partial charge in [-0.2, -0.15) is 0 Å². The molecule has 0 saturated carbocycles. The molecule has 25 heavy (non-hydrogen) atoms. The van der Waals surface area contributed by atoms with E-state index in [0.717, 1.165) is 30.5 Å². The first-order valence-corrected chi connectivity index (χ1v) is 8.77. The van der Waals surface area contributed by atoms with Crippen LogP contribution in [0.3, 0.4) is 0 Å². The summed E-state index contributed by atoms with van der Waals surface area (Å²) in [6.45, 7) is 8.21. The van der Waals surface area contributed by atoms with Crippen molar-refractivity contribution in [1.29, 1.82) is 0 Å². The third kappa shape index (κ3) is 4.46. The third-order valence-electron chi connectivity index (χ3n) is 4.33. The second-order valence-electron chi connectivity index (χ2n) is 6.96. The number of ether oxygens (including phenoxy) is 1. The fourth-order valence-electron chi connectivity index (χ4n) is 3.20. The van der Waals surface area contributed by atoms with Gasteiger partial charge in [0.1, 0.15) is 5.56 Å². The largest absolute Gasteiger partial charge is 0.374 e. The molecule has 1 aromatic carbocycles. The van der Waals surface area contributed by atoms with Crippen molar-refractivity contribution in [1.82, 2.24) is 15.2 Å². The van der Waals surface area contributed by atoms with Gasteiger partial charge in [0.25, 0.3) is 11.5 Å². The average Bonchev–Trinajstić information content (AvgIpc) is 2.59. The number of aromatic nitrogens is 1. The number of nitrogens with one attached hydrogen (secondary N) is 2. The first-order valence-electron chi connectivity index (χ1n) is 8.77. The van der Waals surface area contributed by atoms with E-state index in [4.69, 9.17) is 4.74 Å². The van der Waals surface area contributed by atoms with Crippen LogP contribution in [0.2, 0.25) is 0 Å². The van der Waals surface area contributed by atoms with Gasteiger partial charge in [-0.25, -0.2) is 0 Å². The van der Waals surface area contributed by atoms with Crippen LogP contribution in [-0.4, -0.2) is 54.7 Å². The van der Waals surface area contributed by atoms with Crippen molar-refractivity contribution in [3.05, 3.63) is 46.2 Å². The molecule has 1 atom stereocenters. The molecule has 1 aliphatic rings. The molecular formula is C19H25N3O3. The van der Waals surface area contributed by atoms with Gasteiger partial charge in [-0.1, -0.05) is 32.0 Å². The minimum atomic E-state index is -0.373. The Morgan fingerprint density at radius 3 is 3.00 bits per heavy atom. The van der Waals surface area contributed by atoms with Crippen LogP contribution in [0.4, 0.5) is 0 Å². The molecule has 1 aromatic heterocycles. The maximum absolute atomic E-state index is 12.4. The SMILES string of the molecule is CC(C)CN1CCOC(CNC(=O)c2cc3ccccc3[nH]c2=O)C1. The molecule has 6 heteroatoms. The van der Waals surface area contributed by atoms with E-state index in [1.165, 1.54) is 0 Å². The number of fused-ring (bicyclic) bond motifs is 1. The van der Waals surface area contributed by atoms with Gasteiger partial charge in [0.05, 0.1) is 12.7 Å². The molecular weight excluding hydrogens is 318 g/mol. The maximum atomic E-state index is 12.4. The lowest BCUT2D eigenvalue weighted by Gasteiger charge is -2.33. The van der Waals surface area contributed by atoms with Crippen molar-refractivity contribution < 1.29 is 9.53 Å². The number of hydrogen-bond donors (Lipinski definition) is 2. The van der Waals surface area contributed by atoms with Crippen LogP contribution in [0.1, 0.15) is 24.2 Å². The molecule has 1 amide bonds. The molecule has 1 fully saturated rings. The van der Waals surface area contributed by atoms with Gasteiger partial charge in [-0.3, -0.25) is 14.5 Å². The molecule has 0 radical (unpaired) electrons. The van der Waals surface area contributed by atoms with E-state index in [1.54, 1.807) is 6.07 Å². The van der Waals surface area contributed by atoms with Crippen LogP contribution >= 0.6 is 0 Å². The van der Waals surface area contributed by atoms with Gasteiger partial charge >= 0.3 is 0 Å². The number of carbonyl (C=O) groups excluding carboxylic acids is 1. The summed E-state index contributed by atoms with van der Waals surface area (Å²) in [6, 6.07) is 9.05. The van der Waals surface area contributed by atoms with Gasteiger partial charge in [-0.15, -0.1) is 0 Å². The van der Waals surface area contributed by atoms with Crippen LogP contribution in [-0.2, 0) is 4.74 Å². The van der Waals surface area contributed by atoms with Gasteiger partial charge < -0.3 is 15.0 Å². The number of morpholine rings is 1. The highest BCUT2D eigenvalue weighted by atomic mass is 16.5. The number of para-hydroxylation sites is 1. The van der Waals surface area contributed by atoms with Crippen molar-refractivity contribution in [3.8, 4) is 0 Å². The number of amides is 1. The fraction of sp³-hybridized carbons (Fsp3) is 0.474. The summed E-state index contributed by atoms with van der Waals surface area (Å²) >= 11 is 0. The highest BCUT2D eigenvalue weighted by molar-refractivity contribution is 5.97. The summed E-state index contributed by atoms with van der Waals surface area (Å²) in [5, 5.41) is 3.67. The zero-order valence-electron chi connectivity index (χ0n) is 14.7. The van der Waals surface area contributed by atoms with Gasteiger partial charge in [-0.05, 0) is 23.4 Å². The van der Waals surface area contributed by atoms with Crippen LogP contribution < -0.4 is 10.9 Å². The van der Waals surface area contributed by atoms with Crippen LogP contribution in [0.25, 0.3) is 10.9 Å². The molecule has 2 heterocycles. The van der Waals surface area contributed by atoms with E-state index in [2.05, 4.69) is 29.0 Å². The normalized spacial score (nSPS) is 18.6. The van der Waals surface area contributed by atoms with E-state index < -0.39 is 0 Å². The van der Waals surface area contributed by atoms with Crippen molar-refractivity contribution in [3.63, 3.8) is 0 Å². The molecule has 1 aliphatic heterocycles. The van der Waals surface area contributed by atoms with Crippen molar-refractivity contribution in [2.75, 3.05) is 32.8 Å². The van der Waals surface area contributed by atoms with Gasteiger partial charge in [0.15, 0.2) is 0 Å². The van der Waals surface area contributed by atoms with E-state index in [9.17, 15) is 9.59 Å². The lowest BCUT2D eigenvalue weighted by Crippen LogP contribution is -2.48. The highest BCUT2D eigenvalue weighted by Crippen LogP contribution is 2.11. The molecule has 0 spiro atoms. The quantitative estimate of drug-likeness (QED) is 0.865. The van der Waals surface area contributed by atoms with Gasteiger partial charge in [0.2, 0.25) is 0 Å². The molecule has 134 valence electrons. The molecule has 0 bridgehead atoms. The Kier molecular flexibility index (Phi) is 5.50. The zero-order chi connectivity index (χ0) is 17.8. The number of H-pyrrole nitrogens is 1. The fourth-order valence-corrected chi connectivity index (χ4v) is 3.20. The second kappa shape index (κ2) is 7.80. The summed E-state index contributed by atoms with van der Waals surface area (Å²) in [5.41, 5.74) is 0.486. The number of pyridine rings is 1. The number of aromatic amines is 1. The lowest BCUT2D eigenvalue weighted by atomic mass is 10.1. The Labute approximate surface area is 147 Å². The van der Waals surface area contributed by atoms with Crippen molar-refractivity contribution in [2.45, 2.75) is 20.0 Å². The number of rotatable bonds is 5. The molecule has 6 nitrogen and oxygen atoms in total. The minimum Gasteiger partial charge on any atom is -0.374 e. The predicted octanol–water partition coefficient (Wildman–Crippen LogP) is 1.61. The first-order chi connectivity index (χ1) is 12.0. The summed E-state index contributed by atoms with van der Waals surface area (Å²) in [6.07, 6.45) is -0.0454. The van der Waals surface area contributed by atoms with E-state index in [1.807, 2.05) is 24.3 Å². The zero-order valence-corrected chi connectivity index (χ0v) is 14.7. The standard InChI is InChI=1S/C19H25N3O3/c1-13(2)11-22-7-8-25-15(12-22)10-20-18(23)16-9-14-5-3-4-6-17(14)21-19(16)24/h3-6,9,13,15H,7-8,10-12H2,1-2H3,(H,20,23)(H,21,24). The Balaban J connectivity index is 1.63. The van der Waals surface area contributed by atoms with Crippen LogP contribution in [0.15, 0.2) is 35.1 Å². The van der Waals surface area contributed by atoms with Gasteiger partial charge in [0, 0.05) is 31.7 Å². The number of nitrogens with zero attached hydrogens (tertiary/aromatic N) is 1. The number of benzene rings is 1. The lowest BCUT2D eigenvalue weighted by molar-refractivity contribution is -0.0295.